The zero-order valence-electron chi connectivity index (χ0n) is 29.4. The van der Waals surface area contributed by atoms with Gasteiger partial charge in [-0.25, -0.2) is 4.83 Å². The molecule has 3 fully saturated rings. The van der Waals surface area contributed by atoms with Crippen LogP contribution in [-0.2, 0) is 10.0 Å². The lowest BCUT2D eigenvalue weighted by molar-refractivity contribution is -0.195. The van der Waals surface area contributed by atoms with Gasteiger partial charge in [-0.1, -0.05) is 70.4 Å². The van der Waals surface area contributed by atoms with Crippen LogP contribution >= 0.6 is 0 Å². The number of fused-ring (bicyclic) bond motifs is 5. The minimum absolute atomic E-state index is 0.0270. The maximum absolute atomic E-state index is 13.1. The van der Waals surface area contributed by atoms with Gasteiger partial charge in [0.2, 0.25) is 0 Å². The molecule has 1 aromatic carbocycles. The van der Waals surface area contributed by atoms with Gasteiger partial charge < -0.3 is 20.4 Å². The van der Waals surface area contributed by atoms with Gasteiger partial charge in [-0.2, -0.15) is 13.5 Å². The van der Waals surface area contributed by atoms with Crippen LogP contribution in [0, 0.1) is 46.3 Å². The molecule has 258 valence electrons. The minimum atomic E-state index is -3.78. The Morgan fingerprint density at radius 2 is 1.65 bits per heavy atom. The lowest BCUT2D eigenvalue weighted by Gasteiger charge is -2.69. The fraction of sp³-hybridized carbons (Fsp3) is 0.757. The van der Waals surface area contributed by atoms with E-state index in [-0.39, 0.29) is 44.3 Å². The number of rotatable bonds is 8. The first kappa shape index (κ1) is 35.5. The number of allylic oxidation sites excluding steroid dienone is 1. The predicted octanol–water partition coefficient (Wildman–Crippen LogP) is 5.87. The Hall–Kier alpha value is -1.78. The molecule has 0 aliphatic heterocycles. The van der Waals surface area contributed by atoms with Crippen LogP contribution in [0.3, 0.4) is 0 Å². The Morgan fingerprint density at radius 3 is 2.26 bits per heavy atom. The molecule has 4 aliphatic carbocycles. The van der Waals surface area contributed by atoms with Gasteiger partial charge in [0.05, 0.1) is 22.7 Å². The summed E-state index contributed by atoms with van der Waals surface area (Å²) in [6.45, 7) is 18.6. The minimum Gasteiger partial charge on any atom is -0.392 e. The lowest BCUT2D eigenvalue weighted by Crippen LogP contribution is -2.65. The van der Waals surface area contributed by atoms with Crippen molar-refractivity contribution in [3.8, 4) is 0 Å². The number of aryl methyl sites for hydroxylation is 1. The van der Waals surface area contributed by atoms with Crippen molar-refractivity contribution in [1.29, 1.82) is 0 Å². The SMILES string of the molecule is Cc1ccc(S(=O)(=O)N/N=C2\CC[C@@]3(C)[C@@H](CC[C@@]4(C)[C@H]3[C@@H](O)CC3=C([C@H](C)C[C@H](O)[C@@H](O)C(C)(C)O)CC[C@@]34C)C2(C)C)cc1. The van der Waals surface area contributed by atoms with Crippen LogP contribution in [0.15, 0.2) is 45.4 Å². The maximum Gasteiger partial charge on any atom is 0.276 e. The third-order valence-corrected chi connectivity index (χ3v) is 14.8. The molecule has 5 N–H and O–H groups in total. The number of nitrogens with zero attached hydrogens (tertiary/aromatic N) is 1. The van der Waals surface area contributed by atoms with Crippen LogP contribution in [0.5, 0.6) is 0 Å². The first-order valence-electron chi connectivity index (χ1n) is 17.2. The summed E-state index contributed by atoms with van der Waals surface area (Å²) < 4.78 is 26.1. The third-order valence-electron chi connectivity index (χ3n) is 13.6. The Balaban J connectivity index is 1.41. The molecule has 0 unspecified atom stereocenters. The molecule has 0 radical (unpaired) electrons. The number of hydrogen-bond acceptors (Lipinski definition) is 7. The maximum atomic E-state index is 13.1. The van der Waals surface area contributed by atoms with E-state index in [0.717, 1.165) is 43.4 Å². The molecule has 0 amide bonds. The van der Waals surface area contributed by atoms with E-state index in [4.69, 9.17) is 0 Å². The van der Waals surface area contributed by atoms with Crippen LogP contribution in [0.4, 0.5) is 0 Å². The smallest absolute Gasteiger partial charge is 0.276 e. The first-order valence-corrected chi connectivity index (χ1v) is 18.7. The molecular weight excluding hydrogens is 600 g/mol. The van der Waals surface area contributed by atoms with E-state index in [1.807, 2.05) is 6.92 Å². The van der Waals surface area contributed by atoms with Crippen molar-refractivity contribution in [2.45, 2.75) is 142 Å². The molecule has 0 aromatic heterocycles. The number of nitrogens with one attached hydrogen (secondary N) is 1. The topological polar surface area (TPSA) is 139 Å². The molecule has 0 saturated heterocycles. The van der Waals surface area contributed by atoms with Crippen molar-refractivity contribution in [3.05, 3.63) is 41.0 Å². The van der Waals surface area contributed by atoms with Crippen LogP contribution in [0.1, 0.15) is 112 Å². The van der Waals surface area contributed by atoms with Gasteiger partial charge in [-0.3, -0.25) is 0 Å². The Morgan fingerprint density at radius 1 is 1.02 bits per heavy atom. The Labute approximate surface area is 276 Å². The van der Waals surface area contributed by atoms with Gasteiger partial charge in [-0.15, -0.1) is 0 Å². The van der Waals surface area contributed by atoms with Gasteiger partial charge >= 0.3 is 0 Å². The molecule has 8 nitrogen and oxygen atoms in total. The summed E-state index contributed by atoms with van der Waals surface area (Å²) in [5, 5.41) is 48.2. The average molecular weight is 659 g/mol. The monoisotopic (exact) mass is 658 g/mol. The van der Waals surface area contributed by atoms with E-state index in [1.165, 1.54) is 25.0 Å². The van der Waals surface area contributed by atoms with Crippen molar-refractivity contribution < 1.29 is 28.8 Å². The molecule has 9 heteroatoms. The Bertz CT molecular complexity index is 1490. The van der Waals surface area contributed by atoms with Gasteiger partial charge in [0.15, 0.2) is 0 Å². The van der Waals surface area contributed by atoms with Crippen LogP contribution in [0.2, 0.25) is 0 Å². The summed E-state index contributed by atoms with van der Waals surface area (Å²) in [7, 11) is -3.78. The molecule has 0 heterocycles. The van der Waals surface area contributed by atoms with Gasteiger partial charge in [0, 0.05) is 11.1 Å². The zero-order valence-corrected chi connectivity index (χ0v) is 30.2. The highest BCUT2D eigenvalue weighted by molar-refractivity contribution is 7.89. The van der Waals surface area contributed by atoms with E-state index in [9.17, 15) is 28.8 Å². The largest absolute Gasteiger partial charge is 0.392 e. The van der Waals surface area contributed by atoms with E-state index in [2.05, 4.69) is 51.5 Å². The highest BCUT2D eigenvalue weighted by atomic mass is 32.2. The fourth-order valence-corrected chi connectivity index (χ4v) is 11.7. The predicted molar refractivity (Wildman–Crippen MR) is 181 cm³/mol. The van der Waals surface area contributed by atoms with Gasteiger partial charge in [-0.05, 0) is 118 Å². The molecule has 1 aromatic rings. The highest BCUT2D eigenvalue weighted by Crippen LogP contribution is 2.74. The number of benzene rings is 1. The number of hydrogen-bond donors (Lipinski definition) is 5. The number of sulfonamides is 1. The molecular formula is C37H58N2O6S. The molecule has 0 spiro atoms. The van der Waals surface area contributed by atoms with Crippen LogP contribution in [0.25, 0.3) is 0 Å². The normalized spacial score (nSPS) is 37.2. The first-order chi connectivity index (χ1) is 21.1. The summed E-state index contributed by atoms with van der Waals surface area (Å²) in [6, 6.07) is 6.78. The summed E-state index contributed by atoms with van der Waals surface area (Å²) >= 11 is 0. The van der Waals surface area contributed by atoms with Gasteiger partial charge in [0.25, 0.3) is 10.0 Å². The Kier molecular flexibility index (Phi) is 9.02. The molecule has 4 aliphatic rings. The van der Waals surface area contributed by atoms with E-state index < -0.39 is 33.9 Å². The second kappa shape index (κ2) is 11.7. The second-order valence-electron chi connectivity index (χ2n) is 17.1. The van der Waals surface area contributed by atoms with Crippen LogP contribution in [-0.4, -0.2) is 58.5 Å². The van der Waals surface area contributed by atoms with E-state index >= 15 is 0 Å². The van der Waals surface area contributed by atoms with E-state index in [1.54, 1.807) is 24.3 Å². The average Bonchev–Trinajstić information content (AvgIpc) is 3.29. The standard InChI is InChI=1S/C37H58N2O6S/c1-22-10-12-24(13-11-22)46(44,45)39-38-30-16-17-35(7)29(33(30,3)4)15-19-37(9)31(35)27(40)21-26-25(14-18-36(26,37)8)23(2)20-28(41)32(42)34(5,6)43/h10-13,23,27-29,31-32,39-43H,14-21H2,1-9H3/b38-30+/t23-,27+,28+,29+,31+,32-,35+,36+,37+/m1/s1. The van der Waals surface area contributed by atoms with Crippen molar-refractivity contribution in [2.24, 2.45) is 44.5 Å². The third kappa shape index (κ3) is 5.60. The molecule has 5 rings (SSSR count). The van der Waals surface area contributed by atoms with Crippen molar-refractivity contribution in [2.75, 3.05) is 0 Å². The second-order valence-corrected chi connectivity index (χ2v) is 18.8. The molecule has 0 bridgehead atoms. The molecule has 46 heavy (non-hydrogen) atoms. The number of aliphatic hydroxyl groups excluding tert-OH is 3. The summed E-state index contributed by atoms with van der Waals surface area (Å²) in [6.07, 6.45) is 3.54. The summed E-state index contributed by atoms with van der Waals surface area (Å²) in [4.78, 5) is 2.74. The van der Waals surface area contributed by atoms with Crippen molar-refractivity contribution in [3.63, 3.8) is 0 Å². The fourth-order valence-electron chi connectivity index (χ4n) is 10.9. The highest BCUT2D eigenvalue weighted by Gasteiger charge is 2.68. The quantitative estimate of drug-likeness (QED) is 0.175. The van der Waals surface area contributed by atoms with Crippen LogP contribution < -0.4 is 4.83 Å². The summed E-state index contributed by atoms with van der Waals surface area (Å²) in [5.74, 6) is 0.338. The molecule has 9 atom stereocenters. The molecule has 3 saturated carbocycles. The summed E-state index contributed by atoms with van der Waals surface area (Å²) in [5.41, 5.74) is 2.39. The number of aliphatic hydroxyl groups is 4. The van der Waals surface area contributed by atoms with Crippen molar-refractivity contribution in [1.82, 2.24) is 4.83 Å². The van der Waals surface area contributed by atoms with E-state index in [0.29, 0.717) is 19.3 Å². The zero-order chi connectivity index (χ0) is 34.3. The number of hydrazone groups is 1. The lowest BCUT2D eigenvalue weighted by atomic mass is 9.35. The van der Waals surface area contributed by atoms with Gasteiger partial charge in [0.1, 0.15) is 6.10 Å². The van der Waals surface area contributed by atoms with Crippen molar-refractivity contribution >= 4 is 15.7 Å².